The standard InChI is InChI=1S/C15H10Cl3N/c1-19-12-5-3-2-4-9(12)8-13(19)10-6-7-11(16)15(18)14(10)17/h2-8H,1H3. The normalized spacial score (nSPS) is 11.2. The summed E-state index contributed by atoms with van der Waals surface area (Å²) in [7, 11) is 2.01. The van der Waals surface area contributed by atoms with Gasteiger partial charge in [0, 0.05) is 23.5 Å². The lowest BCUT2D eigenvalue weighted by atomic mass is 10.1. The third kappa shape index (κ3) is 2.02. The predicted octanol–water partition coefficient (Wildman–Crippen LogP) is 5.81. The van der Waals surface area contributed by atoms with Crippen molar-refractivity contribution in [2.24, 2.45) is 7.05 Å². The molecule has 96 valence electrons. The second-order valence-corrected chi connectivity index (χ2v) is 5.53. The summed E-state index contributed by atoms with van der Waals surface area (Å²) in [5.74, 6) is 0. The first-order valence-electron chi connectivity index (χ1n) is 5.78. The van der Waals surface area contributed by atoms with Gasteiger partial charge < -0.3 is 4.57 Å². The highest BCUT2D eigenvalue weighted by molar-refractivity contribution is 6.49. The molecular formula is C15H10Cl3N. The first-order valence-corrected chi connectivity index (χ1v) is 6.91. The van der Waals surface area contributed by atoms with Gasteiger partial charge in [-0.15, -0.1) is 0 Å². The molecule has 0 aliphatic carbocycles. The topological polar surface area (TPSA) is 4.93 Å². The summed E-state index contributed by atoms with van der Waals surface area (Å²) >= 11 is 18.4. The maximum absolute atomic E-state index is 6.30. The number of aryl methyl sites for hydroxylation is 1. The lowest BCUT2D eigenvalue weighted by Crippen LogP contribution is -1.92. The highest BCUT2D eigenvalue weighted by Crippen LogP contribution is 2.39. The quantitative estimate of drug-likeness (QED) is 0.500. The Bertz CT molecular complexity index is 774. The molecule has 0 unspecified atom stereocenters. The summed E-state index contributed by atoms with van der Waals surface area (Å²) in [6.07, 6.45) is 0. The van der Waals surface area contributed by atoms with Gasteiger partial charge in [0.2, 0.25) is 0 Å². The third-order valence-corrected chi connectivity index (χ3v) is 4.56. The minimum Gasteiger partial charge on any atom is -0.344 e. The van der Waals surface area contributed by atoms with Gasteiger partial charge in [0.05, 0.1) is 20.8 Å². The highest BCUT2D eigenvalue weighted by atomic mass is 35.5. The smallest absolute Gasteiger partial charge is 0.0785 e. The van der Waals surface area contributed by atoms with E-state index in [4.69, 9.17) is 34.8 Å². The number of fused-ring (bicyclic) bond motifs is 1. The van der Waals surface area contributed by atoms with Crippen LogP contribution in [0.4, 0.5) is 0 Å². The molecule has 0 amide bonds. The largest absolute Gasteiger partial charge is 0.344 e. The molecule has 1 nitrogen and oxygen atoms in total. The van der Waals surface area contributed by atoms with Gasteiger partial charge in [0.1, 0.15) is 0 Å². The van der Waals surface area contributed by atoms with Crippen LogP contribution in [0.5, 0.6) is 0 Å². The Balaban J connectivity index is 2.31. The number of benzene rings is 2. The van der Waals surface area contributed by atoms with Crippen LogP contribution in [-0.4, -0.2) is 4.57 Å². The first-order chi connectivity index (χ1) is 9.09. The molecule has 0 radical (unpaired) electrons. The van der Waals surface area contributed by atoms with Crippen molar-refractivity contribution in [2.75, 3.05) is 0 Å². The molecule has 1 heterocycles. The summed E-state index contributed by atoms with van der Waals surface area (Å²) in [6, 6.07) is 13.9. The molecule has 0 aliphatic rings. The average molecular weight is 311 g/mol. The van der Waals surface area contributed by atoms with Crippen molar-refractivity contribution in [3.05, 3.63) is 57.5 Å². The molecule has 3 rings (SSSR count). The SMILES string of the molecule is Cn1c(-c2ccc(Cl)c(Cl)c2Cl)cc2ccccc21. The van der Waals surface area contributed by atoms with E-state index in [-0.39, 0.29) is 0 Å². The zero-order chi connectivity index (χ0) is 13.6. The molecule has 0 saturated heterocycles. The van der Waals surface area contributed by atoms with E-state index < -0.39 is 0 Å². The number of para-hydroxylation sites is 1. The lowest BCUT2D eigenvalue weighted by molar-refractivity contribution is 0.978. The van der Waals surface area contributed by atoms with Gasteiger partial charge in [-0.25, -0.2) is 0 Å². The molecule has 0 aliphatic heterocycles. The third-order valence-electron chi connectivity index (χ3n) is 3.26. The van der Waals surface area contributed by atoms with E-state index in [1.54, 1.807) is 6.07 Å². The van der Waals surface area contributed by atoms with Crippen molar-refractivity contribution in [3.8, 4) is 11.3 Å². The number of nitrogens with zero attached hydrogens (tertiary/aromatic N) is 1. The fourth-order valence-corrected chi connectivity index (χ4v) is 2.90. The Kier molecular flexibility index (Phi) is 3.22. The van der Waals surface area contributed by atoms with E-state index in [2.05, 4.69) is 22.8 Å². The molecule has 2 aromatic carbocycles. The second-order valence-electron chi connectivity index (χ2n) is 4.37. The van der Waals surface area contributed by atoms with Gasteiger partial charge in [-0.1, -0.05) is 53.0 Å². The van der Waals surface area contributed by atoms with Crippen molar-refractivity contribution in [2.45, 2.75) is 0 Å². The molecule has 1 aromatic heterocycles. The van der Waals surface area contributed by atoms with Gasteiger partial charge in [0.15, 0.2) is 0 Å². The number of hydrogen-bond donors (Lipinski definition) is 0. The summed E-state index contributed by atoms with van der Waals surface area (Å²) < 4.78 is 2.10. The monoisotopic (exact) mass is 309 g/mol. The molecule has 0 N–H and O–H groups in total. The number of hydrogen-bond acceptors (Lipinski definition) is 0. The summed E-state index contributed by atoms with van der Waals surface area (Å²) in [6.45, 7) is 0. The van der Waals surface area contributed by atoms with E-state index in [9.17, 15) is 0 Å². The molecule has 3 aromatic rings. The van der Waals surface area contributed by atoms with E-state index in [1.807, 2.05) is 25.2 Å². The van der Waals surface area contributed by atoms with Crippen LogP contribution >= 0.6 is 34.8 Å². The van der Waals surface area contributed by atoms with Crippen LogP contribution in [0.3, 0.4) is 0 Å². The van der Waals surface area contributed by atoms with Crippen molar-refractivity contribution in [1.29, 1.82) is 0 Å². The van der Waals surface area contributed by atoms with Crippen molar-refractivity contribution in [1.82, 2.24) is 4.57 Å². The van der Waals surface area contributed by atoms with E-state index >= 15 is 0 Å². The zero-order valence-electron chi connectivity index (χ0n) is 10.1. The van der Waals surface area contributed by atoms with E-state index in [0.717, 1.165) is 16.8 Å². The second kappa shape index (κ2) is 4.75. The lowest BCUT2D eigenvalue weighted by Gasteiger charge is -2.09. The zero-order valence-corrected chi connectivity index (χ0v) is 12.4. The fraction of sp³-hybridized carbons (Fsp3) is 0.0667. The molecule has 0 saturated carbocycles. The van der Waals surface area contributed by atoms with Gasteiger partial charge in [-0.3, -0.25) is 0 Å². The van der Waals surface area contributed by atoms with E-state index in [1.165, 1.54) is 5.39 Å². The minimum atomic E-state index is 0.395. The molecule has 0 fully saturated rings. The Hall–Kier alpha value is -1.15. The Morgan fingerprint density at radius 2 is 1.63 bits per heavy atom. The number of rotatable bonds is 1. The van der Waals surface area contributed by atoms with Crippen molar-refractivity contribution < 1.29 is 0 Å². The maximum atomic E-state index is 6.30. The van der Waals surface area contributed by atoms with Crippen LogP contribution in [-0.2, 0) is 7.05 Å². The van der Waals surface area contributed by atoms with Gasteiger partial charge in [-0.2, -0.15) is 0 Å². The Morgan fingerprint density at radius 3 is 2.37 bits per heavy atom. The predicted molar refractivity (Wildman–Crippen MR) is 83.4 cm³/mol. The fourth-order valence-electron chi connectivity index (χ4n) is 2.27. The van der Waals surface area contributed by atoms with Gasteiger partial charge >= 0.3 is 0 Å². The number of aromatic nitrogens is 1. The van der Waals surface area contributed by atoms with Crippen LogP contribution in [0, 0.1) is 0 Å². The molecule has 0 bridgehead atoms. The first kappa shape index (κ1) is 12.9. The minimum absolute atomic E-state index is 0.395. The molecule has 0 atom stereocenters. The van der Waals surface area contributed by atoms with Crippen LogP contribution in [0.25, 0.3) is 22.2 Å². The van der Waals surface area contributed by atoms with Crippen molar-refractivity contribution in [3.63, 3.8) is 0 Å². The summed E-state index contributed by atoms with van der Waals surface area (Å²) in [5, 5.41) is 2.52. The van der Waals surface area contributed by atoms with Crippen LogP contribution in [0.2, 0.25) is 15.1 Å². The Labute approximate surface area is 126 Å². The molecule has 4 heteroatoms. The number of halogens is 3. The highest BCUT2D eigenvalue weighted by Gasteiger charge is 2.14. The summed E-state index contributed by atoms with van der Waals surface area (Å²) in [4.78, 5) is 0. The average Bonchev–Trinajstić information content (AvgIpc) is 2.74. The van der Waals surface area contributed by atoms with E-state index in [0.29, 0.717) is 15.1 Å². The van der Waals surface area contributed by atoms with Crippen molar-refractivity contribution >= 4 is 45.7 Å². The molecular weight excluding hydrogens is 301 g/mol. The van der Waals surface area contributed by atoms with Crippen LogP contribution < -0.4 is 0 Å². The maximum Gasteiger partial charge on any atom is 0.0785 e. The van der Waals surface area contributed by atoms with Gasteiger partial charge in [0.25, 0.3) is 0 Å². The Morgan fingerprint density at radius 1 is 0.895 bits per heavy atom. The van der Waals surface area contributed by atoms with Crippen LogP contribution in [0.1, 0.15) is 0 Å². The van der Waals surface area contributed by atoms with Gasteiger partial charge in [-0.05, 0) is 24.3 Å². The molecule has 19 heavy (non-hydrogen) atoms. The molecule has 0 spiro atoms. The summed E-state index contributed by atoms with van der Waals surface area (Å²) in [5.41, 5.74) is 3.05. The van der Waals surface area contributed by atoms with Crippen LogP contribution in [0.15, 0.2) is 42.5 Å².